The molecule has 1 aliphatic heterocycles. The van der Waals surface area contributed by atoms with Gasteiger partial charge in [0.1, 0.15) is 23.8 Å². The Kier molecular flexibility index (Phi) is 2.96. The molecule has 3 atom stereocenters. The van der Waals surface area contributed by atoms with Gasteiger partial charge in [0, 0.05) is 17.2 Å². The third-order valence-electron chi connectivity index (χ3n) is 4.59. The molecule has 1 aromatic carbocycles. The molecule has 1 unspecified atom stereocenters. The molecule has 0 spiro atoms. The Balaban J connectivity index is 1.89. The van der Waals surface area contributed by atoms with Crippen LogP contribution in [0.2, 0.25) is 0 Å². The van der Waals surface area contributed by atoms with Gasteiger partial charge < -0.3 is 15.9 Å². The minimum atomic E-state index is -1.39. The Hall–Kier alpha value is -2.09. The minimum absolute atomic E-state index is 0.134. The van der Waals surface area contributed by atoms with Crippen LogP contribution in [0, 0.1) is 11.7 Å². The molecule has 0 radical (unpaired) electrons. The molecule has 8 heteroatoms. The summed E-state index contributed by atoms with van der Waals surface area (Å²) in [5.41, 5.74) is 10.8. The topological polar surface area (TPSA) is 90.4 Å². The Morgan fingerprint density at radius 2 is 2.22 bits per heavy atom. The minimum Gasteiger partial charge on any atom is -0.447 e. The number of oxazole rings is 1. The molecule has 1 aliphatic carbocycles. The van der Waals surface area contributed by atoms with Crippen LogP contribution in [-0.2, 0) is 10.3 Å². The summed E-state index contributed by atoms with van der Waals surface area (Å²) < 4.78 is 33.4. The van der Waals surface area contributed by atoms with E-state index in [0.717, 1.165) is 0 Å². The van der Waals surface area contributed by atoms with E-state index in [4.69, 9.17) is 15.9 Å². The molecule has 4 rings (SSSR count). The van der Waals surface area contributed by atoms with E-state index in [1.165, 1.54) is 36.4 Å². The normalized spacial score (nSPS) is 32.3. The third-order valence-corrected chi connectivity index (χ3v) is 5.91. The second-order valence-electron chi connectivity index (χ2n) is 5.86. The molecule has 4 N–H and O–H groups in total. The number of halogens is 2. The maximum atomic E-state index is 14.4. The number of nitrogens with zero attached hydrogens (tertiary/aromatic N) is 2. The van der Waals surface area contributed by atoms with E-state index in [9.17, 15) is 8.78 Å². The Labute approximate surface area is 135 Å². The first-order valence-electron chi connectivity index (χ1n) is 7.06. The molecule has 0 saturated heterocycles. The number of fused-ring (bicyclic) bond motifs is 1. The van der Waals surface area contributed by atoms with Crippen molar-refractivity contribution in [1.29, 1.82) is 0 Å². The average Bonchev–Trinajstić information content (AvgIpc) is 3.02. The summed E-state index contributed by atoms with van der Waals surface area (Å²) >= 11 is 1.32. The second-order valence-corrected chi connectivity index (χ2v) is 7.21. The lowest BCUT2D eigenvalue weighted by atomic mass is 9.84. The number of nitrogen functional groups attached to an aromatic ring is 1. The first kappa shape index (κ1) is 14.5. The quantitative estimate of drug-likeness (QED) is 0.841. The fourth-order valence-electron chi connectivity index (χ4n) is 3.46. The van der Waals surface area contributed by atoms with Gasteiger partial charge in [-0.2, -0.15) is 0 Å². The van der Waals surface area contributed by atoms with Crippen LogP contribution in [0.3, 0.4) is 0 Å². The summed E-state index contributed by atoms with van der Waals surface area (Å²) in [5, 5.41) is 0.203. The molecule has 1 aromatic heterocycles. The van der Waals surface area contributed by atoms with Gasteiger partial charge in [0.05, 0.1) is 10.9 Å². The standard InChI is InChI=1S/C15H14F2N4OS/c16-6-14(9-3-8(18)1-2-10(9)17)11-4-15(11,23-13(19)21-14)12-5-20-7-22-12/h1-3,5,7,11H,4,6,18H2,(H2,19,21)/t11?,14-,15+/m1/s1. The molecule has 1 saturated carbocycles. The van der Waals surface area contributed by atoms with Crippen molar-refractivity contribution in [2.45, 2.75) is 16.7 Å². The molecule has 23 heavy (non-hydrogen) atoms. The molecule has 2 heterocycles. The van der Waals surface area contributed by atoms with Gasteiger partial charge in [0.25, 0.3) is 0 Å². The summed E-state index contributed by atoms with van der Waals surface area (Å²) in [4.78, 5) is 8.23. The van der Waals surface area contributed by atoms with Crippen LogP contribution in [0.15, 0.2) is 40.2 Å². The van der Waals surface area contributed by atoms with Crippen molar-refractivity contribution in [3.63, 3.8) is 0 Å². The smallest absolute Gasteiger partial charge is 0.180 e. The van der Waals surface area contributed by atoms with Crippen LogP contribution in [-0.4, -0.2) is 16.8 Å². The maximum absolute atomic E-state index is 14.4. The van der Waals surface area contributed by atoms with Crippen LogP contribution >= 0.6 is 11.8 Å². The van der Waals surface area contributed by atoms with Crippen LogP contribution in [0.4, 0.5) is 14.5 Å². The van der Waals surface area contributed by atoms with E-state index in [-0.39, 0.29) is 16.6 Å². The average molecular weight is 336 g/mol. The van der Waals surface area contributed by atoms with E-state index < -0.39 is 22.8 Å². The van der Waals surface area contributed by atoms with Crippen molar-refractivity contribution in [1.82, 2.24) is 4.98 Å². The number of alkyl halides is 1. The van der Waals surface area contributed by atoms with E-state index in [2.05, 4.69) is 9.98 Å². The van der Waals surface area contributed by atoms with E-state index in [0.29, 0.717) is 17.9 Å². The highest BCUT2D eigenvalue weighted by Gasteiger charge is 2.70. The number of hydrogen-bond donors (Lipinski definition) is 2. The summed E-state index contributed by atoms with van der Waals surface area (Å²) in [6, 6.07) is 4.10. The lowest BCUT2D eigenvalue weighted by Gasteiger charge is -2.34. The number of rotatable bonds is 3. The fraction of sp³-hybridized carbons (Fsp3) is 0.333. The van der Waals surface area contributed by atoms with Crippen LogP contribution in [0.5, 0.6) is 0 Å². The molecule has 2 aliphatic rings. The Bertz CT molecular complexity index is 797. The molecule has 1 fully saturated rings. The van der Waals surface area contributed by atoms with Gasteiger partial charge in [-0.15, -0.1) is 0 Å². The molecular formula is C15H14F2N4OS. The van der Waals surface area contributed by atoms with Gasteiger partial charge in [-0.1, -0.05) is 11.8 Å². The lowest BCUT2D eigenvalue weighted by molar-refractivity contribution is 0.259. The number of nitrogens with two attached hydrogens (primary N) is 2. The van der Waals surface area contributed by atoms with Crippen LogP contribution < -0.4 is 11.5 Å². The highest BCUT2D eigenvalue weighted by Crippen LogP contribution is 2.71. The zero-order valence-corrected chi connectivity index (χ0v) is 12.8. The number of aliphatic imine (C=N–C) groups is 1. The molecule has 120 valence electrons. The van der Waals surface area contributed by atoms with Gasteiger partial charge in [-0.25, -0.2) is 18.8 Å². The number of aromatic nitrogens is 1. The predicted octanol–water partition coefficient (Wildman–Crippen LogP) is 2.54. The number of thioether (sulfide) groups is 1. The highest BCUT2D eigenvalue weighted by molar-refractivity contribution is 8.14. The summed E-state index contributed by atoms with van der Waals surface area (Å²) in [6.45, 7) is -0.866. The first-order valence-corrected chi connectivity index (χ1v) is 7.88. The van der Waals surface area contributed by atoms with Crippen molar-refractivity contribution in [2.24, 2.45) is 16.6 Å². The van der Waals surface area contributed by atoms with Gasteiger partial charge in [0.2, 0.25) is 0 Å². The van der Waals surface area contributed by atoms with E-state index in [1.807, 2.05) is 0 Å². The van der Waals surface area contributed by atoms with Gasteiger partial charge in [-0.05, 0) is 24.6 Å². The Morgan fingerprint density at radius 1 is 1.39 bits per heavy atom. The third kappa shape index (κ3) is 1.90. The van der Waals surface area contributed by atoms with E-state index >= 15 is 0 Å². The van der Waals surface area contributed by atoms with E-state index in [1.54, 1.807) is 6.20 Å². The first-order chi connectivity index (χ1) is 11.0. The summed E-state index contributed by atoms with van der Waals surface area (Å²) in [7, 11) is 0. The predicted molar refractivity (Wildman–Crippen MR) is 84.0 cm³/mol. The fourth-order valence-corrected chi connectivity index (χ4v) is 4.83. The summed E-state index contributed by atoms with van der Waals surface area (Å²) in [6.07, 6.45) is 3.49. The second kappa shape index (κ2) is 4.70. The van der Waals surface area contributed by atoms with Gasteiger partial charge in [0.15, 0.2) is 11.6 Å². The summed E-state index contributed by atoms with van der Waals surface area (Å²) in [5.74, 6) is -0.215. The SMILES string of the molecule is NC1=N[C@](CF)(c2cc(N)ccc2F)C2C[C@]2(c2cnco2)S1. The molecule has 0 bridgehead atoms. The zero-order valence-electron chi connectivity index (χ0n) is 12.0. The van der Waals surface area contributed by atoms with Crippen molar-refractivity contribution in [3.8, 4) is 0 Å². The van der Waals surface area contributed by atoms with Gasteiger partial charge >= 0.3 is 0 Å². The van der Waals surface area contributed by atoms with Crippen LogP contribution in [0.1, 0.15) is 17.7 Å². The lowest BCUT2D eigenvalue weighted by Crippen LogP contribution is -2.39. The largest absolute Gasteiger partial charge is 0.447 e. The maximum Gasteiger partial charge on any atom is 0.180 e. The van der Waals surface area contributed by atoms with Crippen molar-refractivity contribution < 1.29 is 13.2 Å². The molecular weight excluding hydrogens is 322 g/mol. The zero-order chi connectivity index (χ0) is 16.2. The number of anilines is 1. The van der Waals surface area contributed by atoms with Crippen molar-refractivity contribution >= 4 is 22.6 Å². The molecule has 5 nitrogen and oxygen atoms in total. The van der Waals surface area contributed by atoms with Gasteiger partial charge in [-0.3, -0.25) is 0 Å². The molecule has 0 amide bonds. The molecule has 2 aromatic rings. The number of hydrogen-bond acceptors (Lipinski definition) is 6. The number of amidine groups is 1. The van der Waals surface area contributed by atoms with Crippen LogP contribution in [0.25, 0.3) is 0 Å². The van der Waals surface area contributed by atoms with Crippen molar-refractivity contribution in [3.05, 3.63) is 47.9 Å². The van der Waals surface area contributed by atoms with Crippen molar-refractivity contribution in [2.75, 3.05) is 12.4 Å². The monoisotopic (exact) mass is 336 g/mol. The number of benzene rings is 1. The Morgan fingerprint density at radius 3 is 2.91 bits per heavy atom. The highest BCUT2D eigenvalue weighted by atomic mass is 32.2.